The smallest absolute Gasteiger partial charge is 0.337 e. The van der Waals surface area contributed by atoms with E-state index < -0.39 is 5.97 Å². The second kappa shape index (κ2) is 6.50. The van der Waals surface area contributed by atoms with Crippen molar-refractivity contribution in [2.75, 3.05) is 23.7 Å². The van der Waals surface area contributed by atoms with Crippen LogP contribution in [0.1, 0.15) is 37.0 Å². The summed E-state index contributed by atoms with van der Waals surface area (Å²) in [5.41, 5.74) is 6.74. The quantitative estimate of drug-likeness (QED) is 0.779. The molecule has 1 rings (SSSR count). The van der Waals surface area contributed by atoms with Crippen LogP contribution in [-0.2, 0) is 0 Å². The number of rotatable bonds is 6. The minimum Gasteiger partial charge on any atom is -0.478 e. The van der Waals surface area contributed by atoms with E-state index in [9.17, 15) is 9.90 Å². The predicted octanol–water partition coefficient (Wildman–Crippen LogP) is 3.25. The van der Waals surface area contributed by atoms with Crippen molar-refractivity contribution in [1.29, 1.82) is 0 Å². The zero-order chi connectivity index (χ0) is 13.7. The number of carbonyl (C=O) groups is 1. The van der Waals surface area contributed by atoms with Gasteiger partial charge in [0.1, 0.15) is 0 Å². The van der Waals surface area contributed by atoms with Crippen LogP contribution in [0.4, 0.5) is 11.4 Å². The van der Waals surface area contributed by atoms with Crippen LogP contribution < -0.4 is 10.6 Å². The third-order valence-corrected chi connectivity index (χ3v) is 3.08. The summed E-state index contributed by atoms with van der Waals surface area (Å²) < 4.78 is 0. The highest BCUT2D eigenvalue weighted by atomic mass is 35.5. The molecule has 0 aliphatic heterocycles. The molecule has 1 aromatic carbocycles. The van der Waals surface area contributed by atoms with Crippen LogP contribution in [0.25, 0.3) is 0 Å². The van der Waals surface area contributed by atoms with Crippen molar-refractivity contribution < 1.29 is 9.90 Å². The van der Waals surface area contributed by atoms with Crippen molar-refractivity contribution in [3.63, 3.8) is 0 Å². The number of aromatic carboxylic acids is 1. The molecule has 0 aromatic heterocycles. The molecule has 1 aromatic rings. The maximum atomic E-state index is 11.3. The summed E-state index contributed by atoms with van der Waals surface area (Å²) in [6, 6.07) is 3.05. The molecule has 0 spiro atoms. The molecule has 0 aliphatic carbocycles. The molecule has 0 atom stereocenters. The molecule has 18 heavy (non-hydrogen) atoms. The van der Waals surface area contributed by atoms with E-state index in [4.69, 9.17) is 17.3 Å². The van der Waals surface area contributed by atoms with Gasteiger partial charge in [-0.15, -0.1) is 0 Å². The average molecular weight is 271 g/mol. The van der Waals surface area contributed by atoms with Gasteiger partial charge in [0, 0.05) is 18.8 Å². The zero-order valence-corrected chi connectivity index (χ0v) is 11.5. The second-order valence-electron chi connectivity index (χ2n) is 4.14. The first-order chi connectivity index (χ1) is 8.51. The molecule has 0 amide bonds. The molecule has 100 valence electrons. The second-order valence-corrected chi connectivity index (χ2v) is 4.54. The molecule has 4 nitrogen and oxygen atoms in total. The molecular formula is C13H19ClN2O2. The first-order valence-electron chi connectivity index (χ1n) is 6.08. The van der Waals surface area contributed by atoms with Gasteiger partial charge in [0.2, 0.25) is 0 Å². The first kappa shape index (κ1) is 14.6. The van der Waals surface area contributed by atoms with Crippen LogP contribution in [-0.4, -0.2) is 24.2 Å². The Morgan fingerprint density at radius 2 is 2.11 bits per heavy atom. The molecule has 0 aliphatic rings. The van der Waals surface area contributed by atoms with E-state index in [0.717, 1.165) is 19.4 Å². The van der Waals surface area contributed by atoms with Gasteiger partial charge >= 0.3 is 5.97 Å². The van der Waals surface area contributed by atoms with Gasteiger partial charge < -0.3 is 15.7 Å². The summed E-state index contributed by atoms with van der Waals surface area (Å²) in [6.07, 6.45) is 2.04. The molecule has 0 radical (unpaired) electrons. The molecule has 0 heterocycles. The van der Waals surface area contributed by atoms with Crippen LogP contribution >= 0.6 is 11.6 Å². The van der Waals surface area contributed by atoms with Crippen molar-refractivity contribution in [2.24, 2.45) is 0 Å². The third kappa shape index (κ3) is 3.29. The van der Waals surface area contributed by atoms with Crippen LogP contribution in [0.15, 0.2) is 12.1 Å². The van der Waals surface area contributed by atoms with E-state index in [2.05, 4.69) is 6.92 Å². The number of nitrogen functional groups attached to an aromatic ring is 1. The van der Waals surface area contributed by atoms with Gasteiger partial charge in [0.15, 0.2) is 0 Å². The highest BCUT2D eigenvalue weighted by Gasteiger charge is 2.19. The van der Waals surface area contributed by atoms with E-state index in [-0.39, 0.29) is 5.56 Å². The van der Waals surface area contributed by atoms with E-state index in [0.29, 0.717) is 22.9 Å². The molecular weight excluding hydrogens is 252 g/mol. The van der Waals surface area contributed by atoms with Crippen molar-refractivity contribution in [1.82, 2.24) is 0 Å². The summed E-state index contributed by atoms with van der Waals surface area (Å²) in [7, 11) is 0. The maximum Gasteiger partial charge on any atom is 0.337 e. The SMILES string of the molecule is CCCCN(CC)c1c(Cl)cc(N)cc1C(=O)O. The van der Waals surface area contributed by atoms with Gasteiger partial charge in [-0.3, -0.25) is 0 Å². The topological polar surface area (TPSA) is 66.6 Å². The normalized spacial score (nSPS) is 10.4. The Kier molecular flexibility index (Phi) is 5.28. The van der Waals surface area contributed by atoms with E-state index in [1.165, 1.54) is 6.07 Å². The lowest BCUT2D eigenvalue weighted by Gasteiger charge is -2.26. The van der Waals surface area contributed by atoms with Gasteiger partial charge in [0.05, 0.1) is 16.3 Å². The van der Waals surface area contributed by atoms with Crippen molar-refractivity contribution in [3.05, 3.63) is 22.7 Å². The molecule has 3 N–H and O–H groups in total. The van der Waals surface area contributed by atoms with Crippen molar-refractivity contribution in [3.8, 4) is 0 Å². The largest absolute Gasteiger partial charge is 0.478 e. The fourth-order valence-electron chi connectivity index (χ4n) is 1.88. The number of unbranched alkanes of at least 4 members (excludes halogenated alkanes) is 1. The number of hydrogen-bond acceptors (Lipinski definition) is 3. The summed E-state index contributed by atoms with van der Waals surface area (Å²) in [4.78, 5) is 13.3. The van der Waals surface area contributed by atoms with Crippen LogP contribution in [0.2, 0.25) is 5.02 Å². The Labute approximate surface area is 112 Å². The first-order valence-corrected chi connectivity index (χ1v) is 6.46. The number of halogens is 1. The zero-order valence-electron chi connectivity index (χ0n) is 10.7. The number of carboxylic acid groups (broad SMARTS) is 1. The average Bonchev–Trinajstić information content (AvgIpc) is 2.31. The van der Waals surface area contributed by atoms with Gasteiger partial charge in [0.25, 0.3) is 0 Å². The van der Waals surface area contributed by atoms with Crippen LogP contribution in [0, 0.1) is 0 Å². The number of benzene rings is 1. The molecule has 0 unspecified atom stereocenters. The van der Waals surface area contributed by atoms with E-state index >= 15 is 0 Å². The van der Waals surface area contributed by atoms with E-state index in [1.54, 1.807) is 6.07 Å². The van der Waals surface area contributed by atoms with Gasteiger partial charge in [-0.25, -0.2) is 4.79 Å². The Bertz CT molecular complexity index is 435. The minimum absolute atomic E-state index is 0.165. The summed E-state index contributed by atoms with van der Waals surface area (Å²) >= 11 is 6.15. The standard InChI is InChI=1S/C13H19ClN2O2/c1-3-5-6-16(4-2)12-10(13(17)18)7-9(15)8-11(12)14/h7-8H,3-6,15H2,1-2H3,(H,17,18). The van der Waals surface area contributed by atoms with Gasteiger partial charge in [-0.05, 0) is 25.5 Å². The monoisotopic (exact) mass is 270 g/mol. The van der Waals surface area contributed by atoms with Gasteiger partial charge in [-0.2, -0.15) is 0 Å². The van der Waals surface area contributed by atoms with Gasteiger partial charge in [-0.1, -0.05) is 24.9 Å². The number of nitrogens with two attached hydrogens (primary N) is 1. The highest BCUT2D eigenvalue weighted by Crippen LogP contribution is 2.32. The highest BCUT2D eigenvalue weighted by molar-refractivity contribution is 6.34. The van der Waals surface area contributed by atoms with E-state index in [1.807, 2.05) is 11.8 Å². The molecule has 0 saturated carbocycles. The Hall–Kier alpha value is -1.42. The Balaban J connectivity index is 3.22. The molecule has 0 fully saturated rings. The minimum atomic E-state index is -1.01. The molecule has 5 heteroatoms. The summed E-state index contributed by atoms with van der Waals surface area (Å²) in [5, 5.41) is 9.64. The maximum absolute atomic E-state index is 11.3. The number of hydrogen-bond donors (Lipinski definition) is 2. The Morgan fingerprint density at radius 3 is 2.61 bits per heavy atom. The number of nitrogens with zero attached hydrogens (tertiary/aromatic N) is 1. The fourth-order valence-corrected chi connectivity index (χ4v) is 2.23. The molecule has 0 bridgehead atoms. The predicted molar refractivity (Wildman–Crippen MR) is 75.6 cm³/mol. The summed E-state index contributed by atoms with van der Waals surface area (Å²) in [6.45, 7) is 5.57. The lowest BCUT2D eigenvalue weighted by Crippen LogP contribution is -2.26. The molecule has 0 saturated heterocycles. The third-order valence-electron chi connectivity index (χ3n) is 2.80. The van der Waals surface area contributed by atoms with Crippen molar-refractivity contribution >= 4 is 28.9 Å². The lowest BCUT2D eigenvalue weighted by molar-refractivity contribution is 0.0697. The van der Waals surface area contributed by atoms with Crippen LogP contribution in [0.5, 0.6) is 0 Å². The number of anilines is 2. The number of carboxylic acids is 1. The van der Waals surface area contributed by atoms with Crippen LogP contribution in [0.3, 0.4) is 0 Å². The Morgan fingerprint density at radius 1 is 1.44 bits per heavy atom. The summed E-state index contributed by atoms with van der Waals surface area (Å²) in [5.74, 6) is -1.01. The lowest BCUT2D eigenvalue weighted by atomic mass is 10.1. The fraction of sp³-hybridized carbons (Fsp3) is 0.462. The van der Waals surface area contributed by atoms with Crippen molar-refractivity contribution in [2.45, 2.75) is 26.7 Å².